The van der Waals surface area contributed by atoms with Crippen LogP contribution < -0.4 is 5.32 Å². The second-order valence-electron chi connectivity index (χ2n) is 5.53. The molecule has 0 aliphatic carbocycles. The Morgan fingerprint density at radius 3 is 2.26 bits per heavy atom. The number of rotatable bonds is 9. The Morgan fingerprint density at radius 2 is 1.74 bits per heavy atom. The van der Waals surface area contributed by atoms with Crippen LogP contribution in [0.25, 0.3) is 0 Å². The number of anilines is 1. The molecule has 0 saturated heterocycles. The van der Waals surface area contributed by atoms with E-state index in [1.54, 1.807) is 6.92 Å². The largest absolute Gasteiger partial charge is 0.462 e. The van der Waals surface area contributed by atoms with Crippen molar-refractivity contribution in [1.29, 1.82) is 0 Å². The van der Waals surface area contributed by atoms with Crippen molar-refractivity contribution < 1.29 is 14.3 Å². The molecule has 1 aromatic rings. The Bertz CT molecular complexity index is 534. The fourth-order valence-corrected chi connectivity index (χ4v) is 3.50. The molecule has 0 aromatic carbocycles. The number of hydrogen-bond acceptors (Lipinski definition) is 5. The molecule has 0 atom stereocenters. The zero-order valence-electron chi connectivity index (χ0n) is 14.8. The first-order valence-electron chi connectivity index (χ1n) is 8.23. The third kappa shape index (κ3) is 5.62. The lowest BCUT2D eigenvalue weighted by Gasteiger charge is -2.20. The average Bonchev–Trinajstić information content (AvgIpc) is 2.74. The lowest BCUT2D eigenvalue weighted by atomic mass is 10.1. The molecule has 0 aliphatic heterocycles. The average molecular weight is 340 g/mol. The molecule has 0 bridgehead atoms. The van der Waals surface area contributed by atoms with E-state index >= 15 is 0 Å². The highest BCUT2D eigenvalue weighted by atomic mass is 32.1. The summed E-state index contributed by atoms with van der Waals surface area (Å²) in [6.07, 6.45) is 2.02. The van der Waals surface area contributed by atoms with Gasteiger partial charge < -0.3 is 10.1 Å². The van der Waals surface area contributed by atoms with Gasteiger partial charge in [0, 0.05) is 4.88 Å². The van der Waals surface area contributed by atoms with E-state index in [1.165, 1.54) is 11.3 Å². The molecule has 0 unspecified atom stereocenters. The summed E-state index contributed by atoms with van der Waals surface area (Å²) in [5.74, 6) is -0.456. The lowest BCUT2D eigenvalue weighted by Crippen LogP contribution is -2.34. The molecule has 1 heterocycles. The zero-order chi connectivity index (χ0) is 17.4. The van der Waals surface area contributed by atoms with E-state index in [9.17, 15) is 9.59 Å². The van der Waals surface area contributed by atoms with E-state index < -0.39 is 0 Å². The highest BCUT2D eigenvalue weighted by Crippen LogP contribution is 2.33. The molecule has 0 spiro atoms. The summed E-state index contributed by atoms with van der Waals surface area (Å²) in [6, 6.07) is 0. The van der Waals surface area contributed by atoms with Crippen molar-refractivity contribution in [2.75, 3.05) is 31.6 Å². The molecule has 0 fully saturated rings. The van der Waals surface area contributed by atoms with Crippen LogP contribution in [0.4, 0.5) is 5.00 Å². The Hall–Kier alpha value is -1.40. The molecule has 1 aromatic heterocycles. The Balaban J connectivity index is 2.85. The zero-order valence-corrected chi connectivity index (χ0v) is 15.6. The van der Waals surface area contributed by atoms with Gasteiger partial charge in [-0.25, -0.2) is 4.79 Å². The molecule has 1 rings (SSSR count). The Morgan fingerprint density at radius 1 is 1.13 bits per heavy atom. The van der Waals surface area contributed by atoms with Crippen LogP contribution in [0.15, 0.2) is 0 Å². The number of esters is 1. The van der Waals surface area contributed by atoms with Gasteiger partial charge in [0.1, 0.15) is 5.00 Å². The number of ether oxygens (including phenoxy) is 1. The van der Waals surface area contributed by atoms with E-state index in [0.717, 1.165) is 36.4 Å². The van der Waals surface area contributed by atoms with Gasteiger partial charge in [-0.3, -0.25) is 9.69 Å². The van der Waals surface area contributed by atoms with Gasteiger partial charge in [0.25, 0.3) is 0 Å². The van der Waals surface area contributed by atoms with Crippen LogP contribution in [-0.2, 0) is 9.53 Å². The van der Waals surface area contributed by atoms with Crippen LogP contribution in [0, 0.1) is 13.8 Å². The standard InChI is InChI=1S/C17H28N2O3S/c1-6-9-19(10-7-2)11-14(20)18-16-15(17(21)22-8-3)12(4)13(5)23-16/h6-11H2,1-5H3,(H,18,20). The van der Waals surface area contributed by atoms with Crippen molar-refractivity contribution >= 4 is 28.2 Å². The van der Waals surface area contributed by atoms with Crippen molar-refractivity contribution in [3.8, 4) is 0 Å². The van der Waals surface area contributed by atoms with Crippen molar-refractivity contribution in [3.63, 3.8) is 0 Å². The predicted octanol–water partition coefficient (Wildman–Crippen LogP) is 3.60. The van der Waals surface area contributed by atoms with Crippen LogP contribution in [0.5, 0.6) is 0 Å². The van der Waals surface area contributed by atoms with Gasteiger partial charge in [-0.05, 0) is 52.3 Å². The molecule has 1 N–H and O–H groups in total. The highest BCUT2D eigenvalue weighted by Gasteiger charge is 2.22. The number of amides is 1. The summed E-state index contributed by atoms with van der Waals surface area (Å²) in [5, 5.41) is 3.49. The molecule has 0 radical (unpaired) electrons. The van der Waals surface area contributed by atoms with E-state index in [1.807, 2.05) is 13.8 Å². The fraction of sp³-hybridized carbons (Fsp3) is 0.647. The van der Waals surface area contributed by atoms with Gasteiger partial charge >= 0.3 is 5.97 Å². The van der Waals surface area contributed by atoms with Crippen LogP contribution in [0.3, 0.4) is 0 Å². The predicted molar refractivity (Wildman–Crippen MR) is 95.4 cm³/mol. The molecular weight excluding hydrogens is 312 g/mol. The minimum absolute atomic E-state index is 0.0845. The molecule has 6 heteroatoms. The first-order chi connectivity index (χ1) is 10.9. The summed E-state index contributed by atoms with van der Waals surface area (Å²) < 4.78 is 5.11. The minimum atomic E-state index is -0.372. The first kappa shape index (κ1) is 19.6. The summed E-state index contributed by atoms with van der Waals surface area (Å²) in [7, 11) is 0. The number of thiophene rings is 1. The maximum atomic E-state index is 12.3. The van der Waals surface area contributed by atoms with E-state index in [-0.39, 0.29) is 11.9 Å². The number of nitrogens with zero attached hydrogens (tertiary/aromatic N) is 1. The van der Waals surface area contributed by atoms with Gasteiger partial charge in [-0.1, -0.05) is 13.8 Å². The smallest absolute Gasteiger partial charge is 0.341 e. The van der Waals surface area contributed by atoms with Gasteiger partial charge in [-0.15, -0.1) is 11.3 Å². The Labute approximate surface area is 143 Å². The number of aryl methyl sites for hydroxylation is 1. The number of carbonyl (C=O) groups is 2. The van der Waals surface area contributed by atoms with Gasteiger partial charge in [0.15, 0.2) is 0 Å². The van der Waals surface area contributed by atoms with Crippen molar-refractivity contribution in [2.24, 2.45) is 0 Å². The van der Waals surface area contributed by atoms with Crippen LogP contribution in [0.1, 0.15) is 54.4 Å². The summed E-state index contributed by atoms with van der Waals surface area (Å²) >= 11 is 1.43. The minimum Gasteiger partial charge on any atom is -0.462 e. The molecule has 0 saturated carbocycles. The Kier molecular flexibility index (Phi) is 8.26. The molecule has 1 amide bonds. The number of carbonyl (C=O) groups excluding carboxylic acids is 2. The quantitative estimate of drug-likeness (QED) is 0.698. The summed E-state index contributed by atoms with van der Waals surface area (Å²) in [5.41, 5.74) is 1.36. The maximum absolute atomic E-state index is 12.3. The van der Waals surface area contributed by atoms with E-state index in [0.29, 0.717) is 23.7 Å². The van der Waals surface area contributed by atoms with Crippen molar-refractivity contribution in [3.05, 3.63) is 16.0 Å². The highest BCUT2D eigenvalue weighted by molar-refractivity contribution is 7.16. The van der Waals surface area contributed by atoms with E-state index in [4.69, 9.17) is 4.74 Å². The second kappa shape index (κ2) is 9.67. The first-order valence-corrected chi connectivity index (χ1v) is 9.05. The third-order valence-electron chi connectivity index (χ3n) is 3.56. The van der Waals surface area contributed by atoms with Crippen LogP contribution >= 0.6 is 11.3 Å². The summed E-state index contributed by atoms with van der Waals surface area (Å²) in [4.78, 5) is 27.6. The van der Waals surface area contributed by atoms with Gasteiger partial charge in [0.05, 0.1) is 18.7 Å². The van der Waals surface area contributed by atoms with Crippen LogP contribution in [-0.4, -0.2) is 43.0 Å². The van der Waals surface area contributed by atoms with Crippen molar-refractivity contribution in [1.82, 2.24) is 4.90 Å². The van der Waals surface area contributed by atoms with E-state index in [2.05, 4.69) is 24.1 Å². The monoisotopic (exact) mass is 340 g/mol. The molecule has 130 valence electrons. The van der Waals surface area contributed by atoms with Crippen LogP contribution in [0.2, 0.25) is 0 Å². The molecule has 23 heavy (non-hydrogen) atoms. The fourth-order valence-electron chi connectivity index (χ4n) is 2.44. The number of hydrogen-bond donors (Lipinski definition) is 1. The lowest BCUT2D eigenvalue weighted by molar-refractivity contribution is -0.117. The topological polar surface area (TPSA) is 58.6 Å². The maximum Gasteiger partial charge on any atom is 0.341 e. The second-order valence-corrected chi connectivity index (χ2v) is 6.76. The summed E-state index contributed by atoms with van der Waals surface area (Å²) in [6.45, 7) is 12.3. The van der Waals surface area contributed by atoms with Crippen molar-refractivity contribution in [2.45, 2.75) is 47.5 Å². The normalized spacial score (nSPS) is 10.9. The SMILES string of the molecule is CCCN(CCC)CC(=O)Nc1sc(C)c(C)c1C(=O)OCC. The molecular formula is C17H28N2O3S. The van der Waals surface area contributed by atoms with Gasteiger partial charge in [0.2, 0.25) is 5.91 Å². The molecule has 5 nitrogen and oxygen atoms in total. The third-order valence-corrected chi connectivity index (χ3v) is 4.69. The molecule has 0 aliphatic rings. The number of nitrogens with one attached hydrogen (secondary N) is 1. The van der Waals surface area contributed by atoms with Gasteiger partial charge in [-0.2, -0.15) is 0 Å².